The minimum absolute atomic E-state index is 0.0506. The van der Waals surface area contributed by atoms with Crippen LogP contribution in [0.1, 0.15) is 45.4 Å². The summed E-state index contributed by atoms with van der Waals surface area (Å²) >= 11 is 0. The molecule has 0 heterocycles. The van der Waals surface area contributed by atoms with Crippen LogP contribution in [-0.4, -0.2) is 11.9 Å². The molecule has 1 unspecified atom stereocenters. The molecular weight excluding hydrogens is 164 g/mol. The molecule has 0 spiro atoms. The molecule has 0 aliphatic heterocycles. The molecule has 4 N–H and O–H groups in total. The molecule has 1 atom stereocenters. The van der Waals surface area contributed by atoms with E-state index in [0.29, 0.717) is 6.42 Å². The molecule has 1 amide bonds. The highest BCUT2D eigenvalue weighted by molar-refractivity contribution is 5.74. The first-order chi connectivity index (χ1) is 6.04. The van der Waals surface area contributed by atoms with Crippen molar-refractivity contribution in [1.29, 1.82) is 0 Å². The molecular formula is C10H20N2O. The molecule has 0 aromatic heterocycles. The van der Waals surface area contributed by atoms with E-state index in [1.807, 2.05) is 0 Å². The van der Waals surface area contributed by atoms with E-state index in [1.54, 1.807) is 0 Å². The summed E-state index contributed by atoms with van der Waals surface area (Å²) in [7, 11) is 0. The van der Waals surface area contributed by atoms with E-state index in [-0.39, 0.29) is 17.4 Å². The van der Waals surface area contributed by atoms with Crippen LogP contribution in [-0.2, 0) is 4.79 Å². The molecule has 1 aliphatic carbocycles. The first kappa shape index (κ1) is 10.5. The number of rotatable bonds is 3. The Bertz CT molecular complexity index is 185. The van der Waals surface area contributed by atoms with Crippen LogP contribution in [0.5, 0.6) is 0 Å². The van der Waals surface area contributed by atoms with E-state index in [0.717, 1.165) is 12.8 Å². The SMILES string of the molecule is CC1(C(N)CC(N)=O)CCCCC1. The van der Waals surface area contributed by atoms with E-state index in [1.165, 1.54) is 19.3 Å². The summed E-state index contributed by atoms with van der Waals surface area (Å²) in [5.74, 6) is -0.278. The monoisotopic (exact) mass is 184 g/mol. The fourth-order valence-corrected chi connectivity index (χ4v) is 2.19. The van der Waals surface area contributed by atoms with Gasteiger partial charge in [-0.05, 0) is 18.3 Å². The zero-order chi connectivity index (χ0) is 9.90. The van der Waals surface area contributed by atoms with Crippen molar-refractivity contribution in [1.82, 2.24) is 0 Å². The van der Waals surface area contributed by atoms with Crippen molar-refractivity contribution >= 4 is 5.91 Å². The molecule has 0 radical (unpaired) electrons. The second-order valence-corrected chi connectivity index (χ2v) is 4.49. The van der Waals surface area contributed by atoms with Crippen molar-refractivity contribution in [3.63, 3.8) is 0 Å². The summed E-state index contributed by atoms with van der Waals surface area (Å²) in [5.41, 5.74) is 11.3. The number of hydrogen-bond acceptors (Lipinski definition) is 2. The molecule has 0 aromatic rings. The van der Waals surface area contributed by atoms with Gasteiger partial charge in [-0.15, -0.1) is 0 Å². The van der Waals surface area contributed by atoms with Crippen molar-refractivity contribution in [2.24, 2.45) is 16.9 Å². The zero-order valence-corrected chi connectivity index (χ0v) is 8.38. The molecule has 1 fully saturated rings. The molecule has 0 saturated heterocycles. The van der Waals surface area contributed by atoms with E-state index in [9.17, 15) is 4.79 Å². The lowest BCUT2D eigenvalue weighted by atomic mass is 9.70. The van der Waals surface area contributed by atoms with E-state index < -0.39 is 0 Å². The normalized spacial score (nSPS) is 23.8. The first-order valence-corrected chi connectivity index (χ1v) is 5.08. The van der Waals surface area contributed by atoms with Crippen LogP contribution in [0.4, 0.5) is 0 Å². The van der Waals surface area contributed by atoms with Crippen LogP contribution in [0.2, 0.25) is 0 Å². The fraction of sp³-hybridized carbons (Fsp3) is 0.900. The van der Waals surface area contributed by atoms with Gasteiger partial charge in [0, 0.05) is 12.5 Å². The van der Waals surface area contributed by atoms with Crippen LogP contribution in [0, 0.1) is 5.41 Å². The fourth-order valence-electron chi connectivity index (χ4n) is 2.19. The van der Waals surface area contributed by atoms with Gasteiger partial charge in [0.1, 0.15) is 0 Å². The molecule has 13 heavy (non-hydrogen) atoms. The minimum Gasteiger partial charge on any atom is -0.370 e. The molecule has 1 saturated carbocycles. The summed E-state index contributed by atoms with van der Waals surface area (Å²) < 4.78 is 0. The van der Waals surface area contributed by atoms with Gasteiger partial charge in [0.05, 0.1) is 0 Å². The van der Waals surface area contributed by atoms with Crippen LogP contribution in [0.3, 0.4) is 0 Å². The second-order valence-electron chi connectivity index (χ2n) is 4.49. The average molecular weight is 184 g/mol. The molecule has 0 bridgehead atoms. The topological polar surface area (TPSA) is 69.1 Å². The molecule has 1 aliphatic rings. The van der Waals surface area contributed by atoms with Gasteiger partial charge in [-0.25, -0.2) is 0 Å². The van der Waals surface area contributed by atoms with Gasteiger partial charge >= 0.3 is 0 Å². The highest BCUT2D eigenvalue weighted by atomic mass is 16.1. The average Bonchev–Trinajstić information content (AvgIpc) is 2.04. The summed E-state index contributed by atoms with van der Waals surface area (Å²) in [4.78, 5) is 10.7. The summed E-state index contributed by atoms with van der Waals surface area (Å²) in [6.07, 6.45) is 6.39. The number of carbonyl (C=O) groups excluding carboxylic acids is 1. The zero-order valence-electron chi connectivity index (χ0n) is 8.38. The maximum absolute atomic E-state index is 10.7. The van der Waals surface area contributed by atoms with Crippen molar-refractivity contribution in [2.45, 2.75) is 51.5 Å². The largest absolute Gasteiger partial charge is 0.370 e. The second kappa shape index (κ2) is 4.09. The van der Waals surface area contributed by atoms with Gasteiger partial charge in [0.2, 0.25) is 5.91 Å². The Kier molecular flexibility index (Phi) is 3.31. The highest BCUT2D eigenvalue weighted by Gasteiger charge is 2.33. The van der Waals surface area contributed by atoms with Crippen molar-refractivity contribution in [3.05, 3.63) is 0 Å². The van der Waals surface area contributed by atoms with Gasteiger partial charge in [0.25, 0.3) is 0 Å². The third-order valence-electron chi connectivity index (χ3n) is 3.31. The lowest BCUT2D eigenvalue weighted by Gasteiger charge is -2.38. The smallest absolute Gasteiger partial charge is 0.218 e. The molecule has 3 nitrogen and oxygen atoms in total. The predicted octanol–water partition coefficient (Wildman–Crippen LogP) is 1.16. The van der Waals surface area contributed by atoms with Gasteiger partial charge in [-0.3, -0.25) is 4.79 Å². The van der Waals surface area contributed by atoms with E-state index in [4.69, 9.17) is 11.5 Å². The Labute approximate surface area is 79.9 Å². The number of hydrogen-bond donors (Lipinski definition) is 2. The lowest BCUT2D eigenvalue weighted by Crippen LogP contribution is -2.43. The third-order valence-corrected chi connectivity index (χ3v) is 3.31. The first-order valence-electron chi connectivity index (χ1n) is 5.08. The Morgan fingerprint density at radius 3 is 2.38 bits per heavy atom. The molecule has 76 valence electrons. The van der Waals surface area contributed by atoms with Crippen molar-refractivity contribution in [2.75, 3.05) is 0 Å². The maximum atomic E-state index is 10.7. The molecule has 1 rings (SSSR count). The number of nitrogens with two attached hydrogens (primary N) is 2. The standard InChI is InChI=1S/C10H20N2O/c1-10(5-3-2-4-6-10)8(11)7-9(12)13/h8H,2-7,11H2,1H3,(H2,12,13). The van der Waals surface area contributed by atoms with Crippen molar-refractivity contribution < 1.29 is 4.79 Å². The Balaban J connectivity index is 2.51. The molecule has 0 aromatic carbocycles. The van der Waals surface area contributed by atoms with Gasteiger partial charge in [-0.1, -0.05) is 26.2 Å². The summed E-state index contributed by atoms with van der Waals surface area (Å²) in [6.45, 7) is 2.18. The van der Waals surface area contributed by atoms with Gasteiger partial charge < -0.3 is 11.5 Å². The minimum atomic E-state index is -0.278. The van der Waals surface area contributed by atoms with E-state index >= 15 is 0 Å². The van der Waals surface area contributed by atoms with Crippen LogP contribution in [0.25, 0.3) is 0 Å². The number of primary amides is 1. The Hall–Kier alpha value is -0.570. The lowest BCUT2D eigenvalue weighted by molar-refractivity contribution is -0.119. The summed E-state index contributed by atoms with van der Waals surface area (Å²) in [5, 5.41) is 0. The number of amides is 1. The van der Waals surface area contributed by atoms with Gasteiger partial charge in [0.15, 0.2) is 0 Å². The van der Waals surface area contributed by atoms with Crippen LogP contribution in [0.15, 0.2) is 0 Å². The van der Waals surface area contributed by atoms with Crippen LogP contribution >= 0.6 is 0 Å². The number of carbonyl (C=O) groups is 1. The van der Waals surface area contributed by atoms with Crippen molar-refractivity contribution in [3.8, 4) is 0 Å². The maximum Gasteiger partial charge on any atom is 0.218 e. The highest BCUT2D eigenvalue weighted by Crippen LogP contribution is 2.38. The Morgan fingerprint density at radius 2 is 1.92 bits per heavy atom. The third kappa shape index (κ3) is 2.69. The van der Waals surface area contributed by atoms with Crippen LogP contribution < -0.4 is 11.5 Å². The predicted molar refractivity (Wildman–Crippen MR) is 53.0 cm³/mol. The quantitative estimate of drug-likeness (QED) is 0.691. The van der Waals surface area contributed by atoms with Gasteiger partial charge in [-0.2, -0.15) is 0 Å². The van der Waals surface area contributed by atoms with E-state index in [2.05, 4.69) is 6.92 Å². The molecule has 3 heteroatoms. The summed E-state index contributed by atoms with van der Waals surface area (Å²) in [6, 6.07) is -0.0506. The Morgan fingerprint density at radius 1 is 1.38 bits per heavy atom.